The lowest BCUT2D eigenvalue weighted by Crippen LogP contribution is -2.42. The third-order valence-electron chi connectivity index (χ3n) is 2.53. The number of hydrogen-bond donors (Lipinski definition) is 3. The van der Waals surface area contributed by atoms with E-state index >= 15 is 0 Å². The van der Waals surface area contributed by atoms with Gasteiger partial charge in [-0.3, -0.25) is 13.9 Å². The molecule has 0 aromatic rings. The zero-order valence-electron chi connectivity index (χ0n) is 12.1. The predicted molar refractivity (Wildman–Crippen MR) is 80.0 cm³/mol. The molecule has 21 heavy (non-hydrogen) atoms. The van der Waals surface area contributed by atoms with Crippen LogP contribution in [0.3, 0.4) is 0 Å². The van der Waals surface area contributed by atoms with Gasteiger partial charge in [0.1, 0.15) is 10.5 Å². The van der Waals surface area contributed by atoms with E-state index in [4.69, 9.17) is 9.11 Å². The molecule has 0 saturated carbocycles. The number of carbonyl (C=O) groups excluding carboxylic acids is 1. The largest absolute Gasteiger partial charge is 0.349 e. The highest BCUT2D eigenvalue weighted by atomic mass is 32.2. The Labute approximate surface area is 125 Å². The SMILES string of the molecule is C=CC(=O)NC(C)C(C)S(=O)(=O)O.C=CC(C)S(=O)(=O)O. The molecule has 0 aliphatic rings. The van der Waals surface area contributed by atoms with E-state index in [2.05, 4.69) is 18.5 Å². The molecule has 10 heteroatoms. The summed E-state index contributed by atoms with van der Waals surface area (Å²) in [6, 6.07) is -0.652. The van der Waals surface area contributed by atoms with Crippen molar-refractivity contribution in [2.24, 2.45) is 0 Å². The second kappa shape index (κ2) is 8.93. The molecule has 0 aliphatic carbocycles. The van der Waals surface area contributed by atoms with E-state index in [1.54, 1.807) is 0 Å². The van der Waals surface area contributed by atoms with E-state index in [0.29, 0.717) is 0 Å². The van der Waals surface area contributed by atoms with Gasteiger partial charge in [0.25, 0.3) is 20.2 Å². The Hall–Kier alpha value is -1.23. The highest BCUT2D eigenvalue weighted by molar-refractivity contribution is 7.86. The zero-order chi connectivity index (χ0) is 17.4. The Kier molecular flexibility index (Phi) is 9.37. The standard InChI is InChI=1S/C7H13NO4S.C4H8O3S/c1-4-7(9)8-5(2)6(3)13(10,11)12;1-3-4(2)8(5,6)7/h4-6H,1H2,2-3H3,(H,8,9)(H,10,11,12);3-4H,1H2,2H3,(H,5,6,7). The number of rotatable bonds is 6. The van der Waals surface area contributed by atoms with Crippen molar-refractivity contribution in [3.05, 3.63) is 25.3 Å². The van der Waals surface area contributed by atoms with Crippen molar-refractivity contribution in [3.63, 3.8) is 0 Å². The fraction of sp³-hybridized carbons (Fsp3) is 0.545. The normalized spacial score (nSPS) is 15.7. The van der Waals surface area contributed by atoms with Gasteiger partial charge in [-0.1, -0.05) is 12.7 Å². The van der Waals surface area contributed by atoms with Gasteiger partial charge in [0.2, 0.25) is 5.91 Å². The summed E-state index contributed by atoms with van der Waals surface area (Å²) in [6.45, 7) is 10.5. The first kappa shape index (κ1) is 22.1. The summed E-state index contributed by atoms with van der Waals surface area (Å²) in [5, 5.41) is 0.450. The molecule has 124 valence electrons. The lowest BCUT2D eigenvalue weighted by molar-refractivity contribution is -0.117. The summed E-state index contributed by atoms with van der Waals surface area (Å²) < 4.78 is 58.2. The summed E-state index contributed by atoms with van der Waals surface area (Å²) in [4.78, 5) is 10.7. The molecule has 8 nitrogen and oxygen atoms in total. The Balaban J connectivity index is 0. The second-order valence-corrected chi connectivity index (χ2v) is 7.72. The van der Waals surface area contributed by atoms with Gasteiger partial charge in [0, 0.05) is 6.04 Å². The Morgan fingerprint density at radius 3 is 1.67 bits per heavy atom. The van der Waals surface area contributed by atoms with Crippen LogP contribution in [0.1, 0.15) is 20.8 Å². The maximum Gasteiger partial charge on any atom is 0.271 e. The van der Waals surface area contributed by atoms with Crippen molar-refractivity contribution >= 4 is 26.1 Å². The van der Waals surface area contributed by atoms with E-state index in [1.807, 2.05) is 0 Å². The first-order valence-electron chi connectivity index (χ1n) is 5.75. The third kappa shape index (κ3) is 10.2. The molecule has 0 aromatic heterocycles. The fourth-order valence-electron chi connectivity index (χ4n) is 0.780. The Bertz CT molecular complexity index is 565. The van der Waals surface area contributed by atoms with Crippen LogP contribution in [0.5, 0.6) is 0 Å². The molecular formula is C11H21NO7S2. The summed E-state index contributed by atoms with van der Waals surface area (Å²) in [5.74, 6) is -0.469. The number of carbonyl (C=O) groups is 1. The summed E-state index contributed by atoms with van der Waals surface area (Å²) in [7, 11) is -7.98. The van der Waals surface area contributed by atoms with Crippen molar-refractivity contribution in [2.45, 2.75) is 37.3 Å². The maximum absolute atomic E-state index is 10.7. The lowest BCUT2D eigenvalue weighted by atomic mass is 10.2. The van der Waals surface area contributed by atoms with Crippen molar-refractivity contribution in [2.75, 3.05) is 0 Å². The van der Waals surface area contributed by atoms with E-state index in [1.165, 1.54) is 20.8 Å². The van der Waals surface area contributed by atoms with Crippen LogP contribution in [-0.2, 0) is 25.0 Å². The van der Waals surface area contributed by atoms with Gasteiger partial charge >= 0.3 is 0 Å². The molecule has 3 unspecified atom stereocenters. The van der Waals surface area contributed by atoms with Crippen LogP contribution in [0.2, 0.25) is 0 Å². The van der Waals surface area contributed by atoms with E-state index in [-0.39, 0.29) is 0 Å². The van der Waals surface area contributed by atoms with Crippen LogP contribution in [-0.4, -0.2) is 48.4 Å². The molecular weight excluding hydrogens is 322 g/mol. The molecule has 0 saturated heterocycles. The van der Waals surface area contributed by atoms with Crippen molar-refractivity contribution in [3.8, 4) is 0 Å². The molecule has 0 heterocycles. The molecule has 0 aliphatic heterocycles. The molecule has 3 atom stereocenters. The van der Waals surface area contributed by atoms with Gasteiger partial charge < -0.3 is 5.32 Å². The van der Waals surface area contributed by atoms with Crippen molar-refractivity contribution in [1.82, 2.24) is 5.32 Å². The molecule has 0 spiro atoms. The fourth-order valence-corrected chi connectivity index (χ4v) is 1.61. The van der Waals surface area contributed by atoms with Crippen LogP contribution in [0.15, 0.2) is 25.3 Å². The number of nitrogens with one attached hydrogen (secondary N) is 1. The minimum absolute atomic E-state index is 0.469. The summed E-state index contributed by atoms with van der Waals surface area (Å²) in [5.41, 5.74) is 0. The minimum Gasteiger partial charge on any atom is -0.349 e. The smallest absolute Gasteiger partial charge is 0.271 e. The number of amides is 1. The van der Waals surface area contributed by atoms with Crippen LogP contribution in [0.4, 0.5) is 0 Å². The molecule has 0 bridgehead atoms. The van der Waals surface area contributed by atoms with Gasteiger partial charge in [-0.15, -0.1) is 6.58 Å². The third-order valence-corrected chi connectivity index (χ3v) is 5.01. The lowest BCUT2D eigenvalue weighted by Gasteiger charge is -2.17. The van der Waals surface area contributed by atoms with Gasteiger partial charge in [0.05, 0.1) is 0 Å². The molecule has 3 N–H and O–H groups in total. The first-order chi connectivity index (χ1) is 9.27. The van der Waals surface area contributed by atoms with E-state index < -0.39 is 42.7 Å². The molecule has 0 rings (SSSR count). The zero-order valence-corrected chi connectivity index (χ0v) is 13.7. The van der Waals surface area contributed by atoms with E-state index in [0.717, 1.165) is 12.2 Å². The summed E-state index contributed by atoms with van der Waals surface area (Å²) in [6.07, 6.45) is 2.20. The topological polar surface area (TPSA) is 138 Å². The van der Waals surface area contributed by atoms with Crippen LogP contribution in [0.25, 0.3) is 0 Å². The Morgan fingerprint density at radius 2 is 1.48 bits per heavy atom. The minimum atomic E-state index is -4.10. The number of hydrogen-bond acceptors (Lipinski definition) is 5. The van der Waals surface area contributed by atoms with Gasteiger partial charge in [-0.2, -0.15) is 16.8 Å². The molecule has 0 radical (unpaired) electrons. The maximum atomic E-state index is 10.7. The van der Waals surface area contributed by atoms with Gasteiger partial charge in [-0.25, -0.2) is 0 Å². The van der Waals surface area contributed by atoms with Crippen LogP contribution in [0, 0.1) is 0 Å². The Morgan fingerprint density at radius 1 is 1.05 bits per heavy atom. The average molecular weight is 343 g/mol. The highest BCUT2D eigenvalue weighted by Crippen LogP contribution is 2.03. The van der Waals surface area contributed by atoms with E-state index in [9.17, 15) is 21.6 Å². The molecule has 0 fully saturated rings. The average Bonchev–Trinajstić information content (AvgIpc) is 2.34. The van der Waals surface area contributed by atoms with Crippen LogP contribution < -0.4 is 5.32 Å². The highest BCUT2D eigenvalue weighted by Gasteiger charge is 2.24. The molecule has 0 aromatic carbocycles. The van der Waals surface area contributed by atoms with Gasteiger partial charge in [-0.05, 0) is 26.8 Å². The van der Waals surface area contributed by atoms with Crippen LogP contribution >= 0.6 is 0 Å². The molecule has 1 amide bonds. The van der Waals surface area contributed by atoms with Gasteiger partial charge in [0.15, 0.2) is 0 Å². The monoisotopic (exact) mass is 343 g/mol. The first-order valence-corrected chi connectivity index (χ1v) is 8.76. The second-order valence-electron chi connectivity index (χ2n) is 4.18. The quantitative estimate of drug-likeness (QED) is 0.360. The van der Waals surface area contributed by atoms with Crippen molar-refractivity contribution < 1.29 is 30.7 Å². The summed E-state index contributed by atoms with van der Waals surface area (Å²) >= 11 is 0. The predicted octanol–water partition coefficient (Wildman–Crippen LogP) is 0.402. The van der Waals surface area contributed by atoms with Crippen molar-refractivity contribution in [1.29, 1.82) is 0 Å².